The van der Waals surface area contributed by atoms with E-state index in [9.17, 15) is 0 Å². The summed E-state index contributed by atoms with van der Waals surface area (Å²) >= 11 is 0. The second-order valence-electron chi connectivity index (χ2n) is 4.97. The number of unbranched alkanes of at least 4 members (excludes halogenated alkanes) is 2. The molecule has 2 heteroatoms. The van der Waals surface area contributed by atoms with Crippen molar-refractivity contribution in [1.82, 2.24) is 5.32 Å². The van der Waals surface area contributed by atoms with Crippen LogP contribution in [-0.2, 0) is 4.74 Å². The monoisotopic (exact) mass is 215 g/mol. The van der Waals surface area contributed by atoms with E-state index in [1.807, 2.05) is 6.92 Å². The van der Waals surface area contributed by atoms with Crippen LogP contribution < -0.4 is 5.32 Å². The summed E-state index contributed by atoms with van der Waals surface area (Å²) < 4.78 is 5.64. The summed E-state index contributed by atoms with van der Waals surface area (Å²) in [6.45, 7) is 12.6. The van der Waals surface area contributed by atoms with Crippen molar-refractivity contribution >= 4 is 0 Å². The Morgan fingerprint density at radius 3 is 2.40 bits per heavy atom. The molecule has 0 spiro atoms. The fraction of sp³-hybridized carbons (Fsp3) is 1.00. The van der Waals surface area contributed by atoms with E-state index >= 15 is 0 Å². The molecule has 2 nitrogen and oxygen atoms in total. The number of nitrogens with one attached hydrogen (secondary N) is 1. The molecule has 0 aliphatic carbocycles. The molecule has 0 saturated heterocycles. The maximum Gasteiger partial charge on any atom is 0.0750 e. The van der Waals surface area contributed by atoms with Gasteiger partial charge in [-0.2, -0.15) is 0 Å². The molecule has 0 rings (SSSR count). The van der Waals surface area contributed by atoms with Crippen LogP contribution in [0.4, 0.5) is 0 Å². The Bertz CT molecular complexity index is 145. The minimum absolute atomic E-state index is 0.0340. The Labute approximate surface area is 95.8 Å². The highest BCUT2D eigenvalue weighted by Gasteiger charge is 2.17. The Morgan fingerprint density at radius 1 is 1.20 bits per heavy atom. The van der Waals surface area contributed by atoms with Gasteiger partial charge in [0, 0.05) is 19.2 Å². The molecule has 92 valence electrons. The second kappa shape index (κ2) is 8.12. The lowest BCUT2D eigenvalue weighted by atomic mass is 10.1. The van der Waals surface area contributed by atoms with Crippen LogP contribution in [0.25, 0.3) is 0 Å². The predicted octanol–water partition coefficient (Wildman–Crippen LogP) is 3.36. The SMILES string of the molecule is CCCCCC(C)NCC(C)(C)OCC. The molecule has 0 amide bonds. The molecule has 0 aromatic carbocycles. The van der Waals surface area contributed by atoms with E-state index in [2.05, 4.69) is 33.0 Å². The highest BCUT2D eigenvalue weighted by Crippen LogP contribution is 2.09. The quantitative estimate of drug-likeness (QED) is 0.595. The molecular weight excluding hydrogens is 186 g/mol. The second-order valence-corrected chi connectivity index (χ2v) is 4.97. The average Bonchev–Trinajstić information content (AvgIpc) is 2.15. The molecule has 1 N–H and O–H groups in total. The summed E-state index contributed by atoms with van der Waals surface area (Å²) in [6, 6.07) is 0.608. The van der Waals surface area contributed by atoms with Crippen LogP contribution in [0.2, 0.25) is 0 Å². The Kier molecular flexibility index (Phi) is 8.07. The molecule has 1 atom stereocenters. The van der Waals surface area contributed by atoms with Gasteiger partial charge in [0.1, 0.15) is 0 Å². The summed E-state index contributed by atoms with van der Waals surface area (Å²) in [4.78, 5) is 0. The number of ether oxygens (including phenoxy) is 1. The molecule has 0 saturated carbocycles. The molecule has 1 unspecified atom stereocenters. The van der Waals surface area contributed by atoms with Gasteiger partial charge in [-0.15, -0.1) is 0 Å². The molecule has 0 aliphatic heterocycles. The van der Waals surface area contributed by atoms with Crippen molar-refractivity contribution in [2.45, 2.75) is 71.9 Å². The first kappa shape index (κ1) is 14.9. The third-order valence-electron chi connectivity index (χ3n) is 2.65. The van der Waals surface area contributed by atoms with Gasteiger partial charge in [-0.05, 0) is 34.1 Å². The molecule has 0 bridgehead atoms. The number of hydrogen-bond donors (Lipinski definition) is 1. The zero-order valence-electron chi connectivity index (χ0n) is 11.2. The molecule has 15 heavy (non-hydrogen) atoms. The van der Waals surface area contributed by atoms with Crippen molar-refractivity contribution in [2.24, 2.45) is 0 Å². The fourth-order valence-corrected chi connectivity index (χ4v) is 1.66. The van der Waals surface area contributed by atoms with Crippen molar-refractivity contribution in [1.29, 1.82) is 0 Å². The smallest absolute Gasteiger partial charge is 0.0750 e. The highest BCUT2D eigenvalue weighted by atomic mass is 16.5. The third-order valence-corrected chi connectivity index (χ3v) is 2.65. The van der Waals surface area contributed by atoms with Crippen molar-refractivity contribution in [3.8, 4) is 0 Å². The molecule has 0 fully saturated rings. The standard InChI is InChI=1S/C13H29NO/c1-6-8-9-10-12(3)14-11-13(4,5)15-7-2/h12,14H,6-11H2,1-5H3. The average molecular weight is 215 g/mol. The first-order valence-corrected chi connectivity index (χ1v) is 6.39. The van der Waals surface area contributed by atoms with Gasteiger partial charge >= 0.3 is 0 Å². The van der Waals surface area contributed by atoms with E-state index in [1.54, 1.807) is 0 Å². The van der Waals surface area contributed by atoms with E-state index < -0.39 is 0 Å². The zero-order valence-corrected chi connectivity index (χ0v) is 11.2. The number of hydrogen-bond acceptors (Lipinski definition) is 2. The van der Waals surface area contributed by atoms with Crippen LogP contribution in [0.15, 0.2) is 0 Å². The van der Waals surface area contributed by atoms with Crippen molar-refractivity contribution in [3.05, 3.63) is 0 Å². The third kappa shape index (κ3) is 8.88. The highest BCUT2D eigenvalue weighted by molar-refractivity contribution is 4.74. The van der Waals surface area contributed by atoms with E-state index in [1.165, 1.54) is 25.7 Å². The fourth-order valence-electron chi connectivity index (χ4n) is 1.66. The summed E-state index contributed by atoms with van der Waals surface area (Å²) in [5.41, 5.74) is -0.0340. The lowest BCUT2D eigenvalue weighted by Crippen LogP contribution is -2.41. The van der Waals surface area contributed by atoms with Crippen LogP contribution in [0.3, 0.4) is 0 Å². The zero-order chi connectivity index (χ0) is 11.7. The van der Waals surface area contributed by atoms with E-state index in [4.69, 9.17) is 4.74 Å². The van der Waals surface area contributed by atoms with E-state index in [-0.39, 0.29) is 5.60 Å². The predicted molar refractivity (Wildman–Crippen MR) is 67.3 cm³/mol. The Morgan fingerprint density at radius 2 is 1.87 bits per heavy atom. The van der Waals surface area contributed by atoms with Crippen molar-refractivity contribution < 1.29 is 4.74 Å². The summed E-state index contributed by atoms with van der Waals surface area (Å²) in [5, 5.41) is 3.54. The van der Waals surface area contributed by atoms with Crippen LogP contribution in [0.5, 0.6) is 0 Å². The van der Waals surface area contributed by atoms with Gasteiger partial charge in [0.05, 0.1) is 5.60 Å². The first-order chi connectivity index (χ1) is 7.02. The lowest BCUT2D eigenvalue weighted by molar-refractivity contribution is -0.0104. The Hall–Kier alpha value is -0.0800. The van der Waals surface area contributed by atoms with Crippen LogP contribution in [0, 0.1) is 0 Å². The molecule has 0 aliphatic rings. The van der Waals surface area contributed by atoms with Gasteiger partial charge in [-0.3, -0.25) is 0 Å². The lowest BCUT2D eigenvalue weighted by Gasteiger charge is -2.27. The van der Waals surface area contributed by atoms with Crippen LogP contribution >= 0.6 is 0 Å². The maximum absolute atomic E-state index is 5.64. The molecule has 0 radical (unpaired) electrons. The summed E-state index contributed by atoms with van der Waals surface area (Å²) in [6.07, 6.45) is 5.26. The van der Waals surface area contributed by atoms with Crippen LogP contribution in [0.1, 0.15) is 60.3 Å². The number of rotatable bonds is 9. The Balaban J connectivity index is 3.55. The maximum atomic E-state index is 5.64. The van der Waals surface area contributed by atoms with E-state index in [0.29, 0.717) is 6.04 Å². The van der Waals surface area contributed by atoms with Gasteiger partial charge in [-0.1, -0.05) is 26.2 Å². The first-order valence-electron chi connectivity index (χ1n) is 6.39. The summed E-state index contributed by atoms with van der Waals surface area (Å²) in [7, 11) is 0. The normalized spacial score (nSPS) is 14.2. The van der Waals surface area contributed by atoms with Crippen LogP contribution in [-0.4, -0.2) is 24.8 Å². The van der Waals surface area contributed by atoms with Gasteiger partial charge in [0.2, 0.25) is 0 Å². The molecule has 0 heterocycles. The van der Waals surface area contributed by atoms with Gasteiger partial charge in [-0.25, -0.2) is 0 Å². The summed E-state index contributed by atoms with van der Waals surface area (Å²) in [5.74, 6) is 0. The largest absolute Gasteiger partial charge is 0.375 e. The molecule has 0 aromatic rings. The molecular formula is C13H29NO. The van der Waals surface area contributed by atoms with Crippen molar-refractivity contribution in [3.63, 3.8) is 0 Å². The molecule has 0 aromatic heterocycles. The van der Waals surface area contributed by atoms with E-state index in [0.717, 1.165) is 13.2 Å². The van der Waals surface area contributed by atoms with Crippen molar-refractivity contribution in [2.75, 3.05) is 13.2 Å². The van der Waals surface area contributed by atoms with Gasteiger partial charge < -0.3 is 10.1 Å². The minimum Gasteiger partial charge on any atom is -0.375 e. The van der Waals surface area contributed by atoms with Gasteiger partial charge in [0.25, 0.3) is 0 Å². The minimum atomic E-state index is -0.0340. The topological polar surface area (TPSA) is 21.3 Å². The van der Waals surface area contributed by atoms with Gasteiger partial charge in [0.15, 0.2) is 0 Å².